The molecule has 3 aromatic rings. The second-order valence-electron chi connectivity index (χ2n) is 5.83. The van der Waals surface area contributed by atoms with Gasteiger partial charge in [-0.1, -0.05) is 6.07 Å². The molecule has 9 heteroatoms. The van der Waals surface area contributed by atoms with Crippen molar-refractivity contribution in [2.24, 2.45) is 0 Å². The number of rotatable bonds is 7. The zero-order chi connectivity index (χ0) is 19.2. The number of hydrogen-bond acceptors (Lipinski definition) is 8. The van der Waals surface area contributed by atoms with Crippen molar-refractivity contribution in [2.75, 3.05) is 17.2 Å². The van der Waals surface area contributed by atoms with Gasteiger partial charge in [0.2, 0.25) is 5.95 Å². The molecule has 0 saturated carbocycles. The van der Waals surface area contributed by atoms with Gasteiger partial charge in [-0.05, 0) is 31.2 Å². The minimum atomic E-state index is -0.452. The number of nitrogens with zero attached hydrogens (tertiary/aromatic N) is 4. The van der Waals surface area contributed by atoms with E-state index in [4.69, 9.17) is 0 Å². The third-order valence-electron chi connectivity index (χ3n) is 3.65. The second kappa shape index (κ2) is 8.19. The molecule has 0 aliphatic carbocycles. The maximum absolute atomic E-state index is 10.8. The fourth-order valence-electron chi connectivity index (χ4n) is 2.30. The van der Waals surface area contributed by atoms with Crippen LogP contribution >= 0.6 is 0 Å². The van der Waals surface area contributed by atoms with Crippen LogP contribution in [0.15, 0.2) is 54.7 Å². The van der Waals surface area contributed by atoms with Crippen LogP contribution in [0.4, 0.5) is 23.1 Å². The Morgan fingerprint density at radius 1 is 1.15 bits per heavy atom. The number of pyridine rings is 1. The Morgan fingerprint density at radius 3 is 2.56 bits per heavy atom. The molecular weight excluding hydrogens is 348 g/mol. The summed E-state index contributed by atoms with van der Waals surface area (Å²) in [7, 11) is 0. The molecule has 1 atom stereocenters. The minimum Gasteiger partial charge on any atom is -0.394 e. The van der Waals surface area contributed by atoms with Gasteiger partial charge in [0.15, 0.2) is 0 Å². The first-order valence-electron chi connectivity index (χ1n) is 8.24. The highest BCUT2D eigenvalue weighted by molar-refractivity contribution is 5.65. The van der Waals surface area contributed by atoms with E-state index in [0.29, 0.717) is 28.8 Å². The lowest BCUT2D eigenvalue weighted by molar-refractivity contribution is -0.384. The van der Waals surface area contributed by atoms with Crippen LogP contribution in [0.5, 0.6) is 0 Å². The zero-order valence-electron chi connectivity index (χ0n) is 14.5. The van der Waals surface area contributed by atoms with Gasteiger partial charge in [-0.15, -0.1) is 0 Å². The van der Waals surface area contributed by atoms with E-state index < -0.39 is 4.92 Å². The molecule has 1 aromatic carbocycles. The van der Waals surface area contributed by atoms with Crippen LogP contribution in [0.3, 0.4) is 0 Å². The number of aliphatic hydroxyl groups excluding tert-OH is 1. The molecule has 2 aromatic heterocycles. The molecule has 2 heterocycles. The number of nitrogens with one attached hydrogen (secondary N) is 2. The summed E-state index contributed by atoms with van der Waals surface area (Å²) in [5.41, 5.74) is 1.93. The lowest BCUT2D eigenvalue weighted by Crippen LogP contribution is -2.21. The topological polar surface area (TPSA) is 126 Å². The van der Waals surface area contributed by atoms with Crippen molar-refractivity contribution in [3.8, 4) is 11.4 Å². The third-order valence-corrected chi connectivity index (χ3v) is 3.65. The van der Waals surface area contributed by atoms with E-state index in [-0.39, 0.29) is 18.3 Å². The molecule has 0 bridgehead atoms. The Bertz CT molecular complexity index is 918. The predicted molar refractivity (Wildman–Crippen MR) is 102 cm³/mol. The van der Waals surface area contributed by atoms with E-state index in [1.807, 2.05) is 18.2 Å². The Labute approximate surface area is 155 Å². The quantitative estimate of drug-likeness (QED) is 0.430. The van der Waals surface area contributed by atoms with E-state index >= 15 is 0 Å². The van der Waals surface area contributed by atoms with Crippen LogP contribution in [-0.4, -0.2) is 37.6 Å². The molecule has 0 spiro atoms. The SMILES string of the molecule is C[C@@H](CO)Nc1nc(Nc2ccc([N+](=O)[O-])cc2)cc(-c2ccccn2)n1. The molecule has 0 amide bonds. The zero-order valence-corrected chi connectivity index (χ0v) is 14.5. The van der Waals surface area contributed by atoms with Crippen molar-refractivity contribution < 1.29 is 10.0 Å². The Hall–Kier alpha value is -3.59. The van der Waals surface area contributed by atoms with Crippen LogP contribution in [0.25, 0.3) is 11.4 Å². The second-order valence-corrected chi connectivity index (χ2v) is 5.83. The molecule has 0 aliphatic rings. The van der Waals surface area contributed by atoms with E-state index in [0.717, 1.165) is 0 Å². The Morgan fingerprint density at radius 2 is 1.93 bits per heavy atom. The van der Waals surface area contributed by atoms with Gasteiger partial charge in [0.25, 0.3) is 5.69 Å². The summed E-state index contributed by atoms with van der Waals surface area (Å²) in [5, 5.41) is 26.2. The number of aromatic nitrogens is 3. The number of anilines is 3. The molecule has 3 N–H and O–H groups in total. The number of non-ortho nitro benzene ring substituents is 1. The number of benzene rings is 1. The van der Waals surface area contributed by atoms with E-state index in [1.54, 1.807) is 31.3 Å². The number of nitro groups is 1. The van der Waals surface area contributed by atoms with Gasteiger partial charge in [-0.3, -0.25) is 15.1 Å². The fraction of sp³-hybridized carbons (Fsp3) is 0.167. The third kappa shape index (κ3) is 4.73. The summed E-state index contributed by atoms with van der Waals surface area (Å²) in [4.78, 5) is 23.5. The maximum Gasteiger partial charge on any atom is 0.269 e. The van der Waals surface area contributed by atoms with Crippen molar-refractivity contribution in [2.45, 2.75) is 13.0 Å². The maximum atomic E-state index is 10.8. The molecule has 3 rings (SSSR count). The van der Waals surface area contributed by atoms with Crippen molar-refractivity contribution >= 4 is 23.1 Å². The molecule has 0 fully saturated rings. The average Bonchev–Trinajstić information content (AvgIpc) is 2.69. The van der Waals surface area contributed by atoms with Gasteiger partial charge in [0.1, 0.15) is 5.82 Å². The monoisotopic (exact) mass is 366 g/mol. The van der Waals surface area contributed by atoms with Gasteiger partial charge >= 0.3 is 0 Å². The standard InChI is InChI=1S/C18H18N6O3/c1-12(11-25)20-18-22-16(15-4-2-3-9-19-15)10-17(23-18)21-13-5-7-14(8-6-13)24(26)27/h2-10,12,25H,11H2,1H3,(H2,20,21,22,23)/t12-/m0/s1. The van der Waals surface area contributed by atoms with Gasteiger partial charge < -0.3 is 15.7 Å². The normalized spacial score (nSPS) is 11.6. The van der Waals surface area contributed by atoms with Crippen LogP contribution < -0.4 is 10.6 Å². The van der Waals surface area contributed by atoms with Crippen LogP contribution in [0.2, 0.25) is 0 Å². The summed E-state index contributed by atoms with van der Waals surface area (Å²) in [6.45, 7) is 1.74. The Balaban J connectivity index is 1.93. The minimum absolute atomic E-state index is 0.0107. The van der Waals surface area contributed by atoms with Crippen molar-refractivity contribution in [3.05, 3.63) is 64.8 Å². The summed E-state index contributed by atoms with van der Waals surface area (Å²) in [5.74, 6) is 0.830. The van der Waals surface area contributed by atoms with Gasteiger partial charge in [-0.2, -0.15) is 4.98 Å². The molecule has 138 valence electrons. The van der Waals surface area contributed by atoms with Gasteiger partial charge in [0, 0.05) is 36.1 Å². The largest absolute Gasteiger partial charge is 0.394 e. The molecular formula is C18H18N6O3. The Kier molecular flexibility index (Phi) is 5.53. The first kappa shape index (κ1) is 18.2. The highest BCUT2D eigenvalue weighted by Crippen LogP contribution is 2.23. The summed E-state index contributed by atoms with van der Waals surface area (Å²) < 4.78 is 0. The van der Waals surface area contributed by atoms with Crippen molar-refractivity contribution in [1.29, 1.82) is 0 Å². The molecule has 27 heavy (non-hydrogen) atoms. The lowest BCUT2D eigenvalue weighted by atomic mass is 10.2. The molecule has 0 radical (unpaired) electrons. The van der Waals surface area contributed by atoms with Crippen molar-refractivity contribution in [3.63, 3.8) is 0 Å². The van der Waals surface area contributed by atoms with E-state index in [2.05, 4.69) is 25.6 Å². The number of hydrogen-bond donors (Lipinski definition) is 3. The van der Waals surface area contributed by atoms with Crippen LogP contribution in [0.1, 0.15) is 6.92 Å². The average molecular weight is 366 g/mol. The summed E-state index contributed by atoms with van der Waals surface area (Å²) in [6.07, 6.45) is 1.67. The van der Waals surface area contributed by atoms with Crippen LogP contribution in [-0.2, 0) is 0 Å². The van der Waals surface area contributed by atoms with Gasteiger partial charge in [-0.25, -0.2) is 4.98 Å². The molecule has 0 saturated heterocycles. The smallest absolute Gasteiger partial charge is 0.269 e. The first-order chi connectivity index (χ1) is 13.0. The van der Waals surface area contributed by atoms with E-state index in [9.17, 15) is 15.2 Å². The predicted octanol–water partition coefficient (Wildman–Crippen LogP) is 2.98. The van der Waals surface area contributed by atoms with Crippen molar-refractivity contribution in [1.82, 2.24) is 15.0 Å². The summed E-state index contributed by atoms with van der Waals surface area (Å²) in [6, 6.07) is 13.0. The van der Waals surface area contributed by atoms with Gasteiger partial charge in [0.05, 0.1) is 22.9 Å². The lowest BCUT2D eigenvalue weighted by Gasteiger charge is -2.14. The number of aliphatic hydroxyl groups is 1. The highest BCUT2D eigenvalue weighted by Gasteiger charge is 2.11. The molecule has 0 unspecified atom stereocenters. The highest BCUT2D eigenvalue weighted by atomic mass is 16.6. The number of nitro benzene ring substituents is 1. The van der Waals surface area contributed by atoms with E-state index in [1.165, 1.54) is 12.1 Å². The molecule has 9 nitrogen and oxygen atoms in total. The van der Waals surface area contributed by atoms with Crippen LogP contribution in [0, 0.1) is 10.1 Å². The summed E-state index contributed by atoms with van der Waals surface area (Å²) >= 11 is 0. The molecule has 0 aliphatic heterocycles. The first-order valence-corrected chi connectivity index (χ1v) is 8.24. The fourth-order valence-corrected chi connectivity index (χ4v) is 2.30.